The highest BCUT2D eigenvalue weighted by Gasteiger charge is 2.34. The van der Waals surface area contributed by atoms with E-state index in [1.165, 1.54) is 4.88 Å². The summed E-state index contributed by atoms with van der Waals surface area (Å²) in [5.74, 6) is 0.753. The lowest BCUT2D eigenvalue weighted by Crippen LogP contribution is -2.52. The Morgan fingerprint density at radius 3 is 2.74 bits per heavy atom. The maximum Gasteiger partial charge on any atom is 0.318 e. The third kappa shape index (κ3) is 5.79. The van der Waals surface area contributed by atoms with Crippen molar-refractivity contribution in [3.63, 3.8) is 0 Å². The number of nitrogens with one attached hydrogen (secondary N) is 1. The van der Waals surface area contributed by atoms with Gasteiger partial charge in [0.2, 0.25) is 5.91 Å². The fourth-order valence-corrected chi connectivity index (χ4v) is 4.71. The highest BCUT2D eigenvalue weighted by Crippen LogP contribution is 2.34. The van der Waals surface area contributed by atoms with Crippen LogP contribution >= 0.6 is 11.3 Å². The van der Waals surface area contributed by atoms with Crippen molar-refractivity contribution in [1.29, 1.82) is 0 Å². The summed E-state index contributed by atoms with van der Waals surface area (Å²) in [5, 5.41) is 5.00. The van der Waals surface area contributed by atoms with Crippen LogP contribution in [0.15, 0.2) is 41.8 Å². The summed E-state index contributed by atoms with van der Waals surface area (Å²) < 4.78 is 6.04. The monoisotopic (exact) mass is 443 g/mol. The molecule has 0 unspecified atom stereocenters. The number of thiophene rings is 1. The van der Waals surface area contributed by atoms with E-state index in [4.69, 9.17) is 4.74 Å². The molecule has 31 heavy (non-hydrogen) atoms. The van der Waals surface area contributed by atoms with E-state index in [0.717, 1.165) is 30.6 Å². The lowest BCUT2D eigenvalue weighted by Gasteiger charge is -2.38. The maximum absolute atomic E-state index is 13.4. The summed E-state index contributed by atoms with van der Waals surface area (Å²) in [6.07, 6.45) is 2.49. The number of carbonyl (C=O) groups is 2. The van der Waals surface area contributed by atoms with Gasteiger partial charge >= 0.3 is 6.03 Å². The number of carbonyl (C=O) groups excluding carboxylic acids is 2. The first-order chi connectivity index (χ1) is 15.0. The van der Waals surface area contributed by atoms with Gasteiger partial charge in [0, 0.05) is 24.0 Å². The molecule has 3 amide bonds. The number of rotatable bonds is 9. The zero-order chi connectivity index (χ0) is 22.2. The van der Waals surface area contributed by atoms with Crippen LogP contribution in [-0.2, 0) is 11.2 Å². The number of hydrogen-bond acceptors (Lipinski definition) is 4. The number of urea groups is 1. The van der Waals surface area contributed by atoms with Gasteiger partial charge in [0.25, 0.3) is 0 Å². The smallest absolute Gasteiger partial charge is 0.318 e. The van der Waals surface area contributed by atoms with Crippen molar-refractivity contribution >= 4 is 23.3 Å². The number of hydrogen-bond donors (Lipinski definition) is 1. The van der Waals surface area contributed by atoms with Gasteiger partial charge in [-0.2, -0.15) is 0 Å². The molecule has 0 saturated heterocycles. The van der Waals surface area contributed by atoms with Gasteiger partial charge in [-0.05, 0) is 55.3 Å². The highest BCUT2D eigenvalue weighted by atomic mass is 32.1. The summed E-state index contributed by atoms with van der Waals surface area (Å²) in [6.45, 7) is 7.75. The molecule has 1 aromatic carbocycles. The molecule has 2 aromatic rings. The Hall–Kier alpha value is -2.54. The first-order valence-electron chi connectivity index (χ1n) is 11.1. The third-order valence-electron chi connectivity index (χ3n) is 5.78. The number of amides is 3. The molecule has 0 aliphatic carbocycles. The van der Waals surface area contributed by atoms with E-state index < -0.39 is 0 Å². The molecule has 1 aliphatic heterocycles. The molecule has 0 saturated carbocycles. The second kappa shape index (κ2) is 11.2. The molecule has 2 heterocycles. The summed E-state index contributed by atoms with van der Waals surface area (Å²) in [5.41, 5.74) is 1.16. The summed E-state index contributed by atoms with van der Waals surface area (Å²) in [6, 6.07) is 11.4. The Morgan fingerprint density at radius 1 is 1.26 bits per heavy atom. The highest BCUT2D eigenvalue weighted by molar-refractivity contribution is 7.10. The quantitative estimate of drug-likeness (QED) is 0.622. The molecular weight excluding hydrogens is 410 g/mol. The second-order valence-corrected chi connectivity index (χ2v) is 8.89. The normalized spacial score (nSPS) is 16.4. The SMILES string of the molecule is CCCNC(=O)N(CC(=O)N1CCc2sccc2[C@H]1COc1ccccc1)[C@H](C)CC. The van der Waals surface area contributed by atoms with Crippen molar-refractivity contribution in [2.24, 2.45) is 0 Å². The van der Waals surface area contributed by atoms with Crippen molar-refractivity contribution in [2.45, 2.75) is 52.1 Å². The number of fused-ring (bicyclic) bond motifs is 1. The van der Waals surface area contributed by atoms with Crippen molar-refractivity contribution in [3.8, 4) is 5.75 Å². The average molecular weight is 444 g/mol. The van der Waals surface area contributed by atoms with E-state index in [9.17, 15) is 9.59 Å². The van der Waals surface area contributed by atoms with Crippen molar-refractivity contribution < 1.29 is 14.3 Å². The van der Waals surface area contributed by atoms with Crippen LogP contribution < -0.4 is 10.1 Å². The summed E-state index contributed by atoms with van der Waals surface area (Å²) >= 11 is 1.73. The van der Waals surface area contributed by atoms with Crippen LogP contribution in [0.2, 0.25) is 0 Å². The van der Waals surface area contributed by atoms with E-state index in [1.54, 1.807) is 16.2 Å². The van der Waals surface area contributed by atoms with E-state index in [0.29, 0.717) is 19.7 Å². The molecule has 1 N–H and O–H groups in total. The molecule has 0 bridgehead atoms. The van der Waals surface area contributed by atoms with Gasteiger partial charge in [0.1, 0.15) is 18.9 Å². The molecule has 0 spiro atoms. The van der Waals surface area contributed by atoms with Crippen LogP contribution in [0.1, 0.15) is 50.1 Å². The Labute approximate surface area is 189 Å². The Kier molecular flexibility index (Phi) is 8.35. The number of ether oxygens (including phenoxy) is 1. The minimum absolute atomic E-state index is 0.0127. The Bertz CT molecular complexity index is 855. The van der Waals surface area contributed by atoms with Gasteiger partial charge in [0.05, 0.1) is 6.04 Å². The van der Waals surface area contributed by atoms with Gasteiger partial charge in [-0.1, -0.05) is 32.0 Å². The fraction of sp³-hybridized carbons (Fsp3) is 0.500. The van der Waals surface area contributed by atoms with Gasteiger partial charge in [0.15, 0.2) is 0 Å². The first kappa shape index (κ1) is 23.1. The van der Waals surface area contributed by atoms with E-state index in [-0.39, 0.29) is 30.6 Å². The number of benzene rings is 1. The first-order valence-corrected chi connectivity index (χ1v) is 12.0. The Balaban J connectivity index is 1.75. The average Bonchev–Trinajstić information content (AvgIpc) is 3.28. The zero-order valence-corrected chi connectivity index (χ0v) is 19.5. The van der Waals surface area contributed by atoms with E-state index in [2.05, 4.69) is 16.8 Å². The van der Waals surface area contributed by atoms with Crippen LogP contribution in [0, 0.1) is 0 Å². The minimum Gasteiger partial charge on any atom is -0.491 e. The van der Waals surface area contributed by atoms with Gasteiger partial charge < -0.3 is 19.9 Å². The third-order valence-corrected chi connectivity index (χ3v) is 6.78. The van der Waals surface area contributed by atoms with Gasteiger partial charge in [-0.25, -0.2) is 4.79 Å². The van der Waals surface area contributed by atoms with Crippen LogP contribution in [0.25, 0.3) is 0 Å². The second-order valence-electron chi connectivity index (χ2n) is 7.89. The largest absolute Gasteiger partial charge is 0.491 e. The lowest BCUT2D eigenvalue weighted by atomic mass is 10.00. The molecule has 168 valence electrons. The van der Waals surface area contributed by atoms with E-state index in [1.807, 2.05) is 56.0 Å². The summed E-state index contributed by atoms with van der Waals surface area (Å²) in [4.78, 5) is 31.0. The summed E-state index contributed by atoms with van der Waals surface area (Å²) in [7, 11) is 0. The molecule has 7 heteroatoms. The zero-order valence-electron chi connectivity index (χ0n) is 18.7. The maximum atomic E-state index is 13.4. The van der Waals surface area contributed by atoms with Gasteiger partial charge in [-0.3, -0.25) is 4.79 Å². The van der Waals surface area contributed by atoms with Crippen LogP contribution in [0.5, 0.6) is 5.75 Å². The molecule has 6 nitrogen and oxygen atoms in total. The minimum atomic E-state index is -0.171. The van der Waals surface area contributed by atoms with Gasteiger partial charge in [-0.15, -0.1) is 11.3 Å². The fourth-order valence-electron chi connectivity index (χ4n) is 3.78. The molecule has 1 aromatic heterocycles. The number of nitrogens with zero attached hydrogens (tertiary/aromatic N) is 2. The van der Waals surface area contributed by atoms with Crippen molar-refractivity contribution in [2.75, 3.05) is 26.2 Å². The molecular formula is C24H33N3O3S. The molecule has 0 fully saturated rings. The molecule has 0 radical (unpaired) electrons. The Morgan fingerprint density at radius 2 is 2.03 bits per heavy atom. The molecule has 2 atom stereocenters. The standard InChI is InChI=1S/C24H33N3O3S/c1-4-13-25-24(29)27(18(3)5-2)16-23(28)26-14-11-22-20(12-15-31-22)21(26)17-30-19-9-7-6-8-10-19/h6-10,12,15,18,21H,4-5,11,13-14,16-17H2,1-3H3,(H,25,29)/t18-,21-/m1/s1. The number of para-hydroxylation sites is 1. The van der Waals surface area contributed by atoms with Crippen molar-refractivity contribution in [3.05, 3.63) is 52.2 Å². The van der Waals surface area contributed by atoms with Crippen LogP contribution in [0.4, 0.5) is 4.79 Å². The van der Waals surface area contributed by atoms with E-state index >= 15 is 0 Å². The van der Waals surface area contributed by atoms with Crippen molar-refractivity contribution in [1.82, 2.24) is 15.1 Å². The lowest BCUT2D eigenvalue weighted by molar-refractivity contribution is -0.135. The molecule has 1 aliphatic rings. The van der Waals surface area contributed by atoms with Crippen LogP contribution in [-0.4, -0.2) is 54.0 Å². The predicted octanol–water partition coefficient (Wildman–Crippen LogP) is 4.47. The molecule has 3 rings (SSSR count). The topological polar surface area (TPSA) is 61.9 Å². The predicted molar refractivity (Wildman–Crippen MR) is 125 cm³/mol. The van der Waals surface area contributed by atoms with Crippen LogP contribution in [0.3, 0.4) is 0 Å².